The van der Waals surface area contributed by atoms with Gasteiger partial charge in [0.25, 0.3) is 0 Å². The van der Waals surface area contributed by atoms with Crippen molar-refractivity contribution in [1.82, 2.24) is 9.78 Å². The molecule has 0 radical (unpaired) electrons. The van der Waals surface area contributed by atoms with Crippen LogP contribution in [0.1, 0.15) is 5.69 Å². The topological polar surface area (TPSA) is 53.4 Å². The van der Waals surface area contributed by atoms with Crippen molar-refractivity contribution in [2.75, 3.05) is 6.61 Å². The van der Waals surface area contributed by atoms with Gasteiger partial charge in [0.05, 0.1) is 21.2 Å². The zero-order valence-electron chi connectivity index (χ0n) is 17.9. The first kappa shape index (κ1) is 24.3. The molecule has 5 nitrogen and oxygen atoms in total. The number of benzene rings is 3. The lowest BCUT2D eigenvalue weighted by atomic mass is 10.3. The van der Waals surface area contributed by atoms with Gasteiger partial charge in [0, 0.05) is 0 Å². The summed E-state index contributed by atoms with van der Waals surface area (Å²) in [6.07, 6.45) is 0. The molecule has 0 aliphatic rings. The maximum absolute atomic E-state index is 14.4. The third kappa shape index (κ3) is 4.99. The van der Waals surface area contributed by atoms with Gasteiger partial charge in [-0.1, -0.05) is 48.2 Å². The summed E-state index contributed by atoms with van der Waals surface area (Å²) in [4.78, 5) is 11.3. The Bertz CT molecular complexity index is 1350. The van der Waals surface area contributed by atoms with Crippen LogP contribution in [0, 0.1) is 36.0 Å². The normalized spacial score (nSPS) is 10.9. The quantitative estimate of drug-likeness (QED) is 0.133. The second-order valence-corrected chi connectivity index (χ2v) is 8.06. The van der Waals surface area contributed by atoms with E-state index in [1.807, 2.05) is 0 Å². The van der Waals surface area contributed by atoms with E-state index >= 15 is 0 Å². The Morgan fingerprint density at radius 3 is 1.97 bits per heavy atom. The smallest absolute Gasteiger partial charge is 0.350 e. The van der Waals surface area contributed by atoms with E-state index in [-0.39, 0.29) is 28.2 Å². The van der Waals surface area contributed by atoms with Crippen molar-refractivity contribution in [2.24, 2.45) is 0 Å². The molecule has 1 aromatic heterocycles. The second-order valence-electron chi connectivity index (χ2n) is 7.04. The minimum absolute atomic E-state index is 0.120. The van der Waals surface area contributed by atoms with Crippen molar-refractivity contribution < 1.29 is 36.2 Å². The largest absolute Gasteiger partial charge is 0.482 e. The SMILES string of the molecule is Cc1nn(-c2ccccc2)c(OC(=O)COc2ccccc2)c1Sc1c(F)c(F)c(F)c(F)c1F. The maximum atomic E-state index is 14.4. The summed E-state index contributed by atoms with van der Waals surface area (Å²) >= 11 is 0.205. The van der Waals surface area contributed by atoms with Gasteiger partial charge < -0.3 is 9.47 Å². The molecule has 0 N–H and O–H groups in total. The number of para-hydroxylation sites is 2. The molecule has 0 spiro atoms. The van der Waals surface area contributed by atoms with Crippen molar-refractivity contribution in [1.29, 1.82) is 0 Å². The van der Waals surface area contributed by atoms with E-state index in [1.165, 1.54) is 11.6 Å². The lowest BCUT2D eigenvalue weighted by Gasteiger charge is -2.12. The monoisotopic (exact) mass is 506 g/mol. The minimum atomic E-state index is -2.27. The number of ether oxygens (including phenoxy) is 2. The van der Waals surface area contributed by atoms with Gasteiger partial charge in [0.15, 0.2) is 29.9 Å². The maximum Gasteiger partial charge on any atom is 0.350 e. The van der Waals surface area contributed by atoms with Crippen LogP contribution in [-0.4, -0.2) is 22.4 Å². The molecule has 0 atom stereocenters. The van der Waals surface area contributed by atoms with Crippen LogP contribution in [0.4, 0.5) is 22.0 Å². The Hall–Kier alpha value is -3.86. The summed E-state index contributed by atoms with van der Waals surface area (Å²) in [5, 5.41) is 4.24. The predicted molar refractivity (Wildman–Crippen MR) is 116 cm³/mol. The van der Waals surface area contributed by atoms with Gasteiger partial charge in [-0.15, -0.1) is 0 Å². The van der Waals surface area contributed by atoms with Gasteiger partial charge in [0.2, 0.25) is 11.7 Å². The van der Waals surface area contributed by atoms with Crippen LogP contribution in [0.15, 0.2) is 70.5 Å². The van der Waals surface area contributed by atoms with Gasteiger partial charge in [-0.2, -0.15) is 9.78 Å². The molecule has 180 valence electrons. The molecular formula is C24H15F5N2O3S. The summed E-state index contributed by atoms with van der Waals surface area (Å²) in [7, 11) is 0. The molecule has 0 saturated heterocycles. The Labute approximate surface area is 200 Å². The van der Waals surface area contributed by atoms with E-state index in [2.05, 4.69) is 5.10 Å². The summed E-state index contributed by atoms with van der Waals surface area (Å²) < 4.78 is 81.7. The van der Waals surface area contributed by atoms with Crippen molar-refractivity contribution in [3.63, 3.8) is 0 Å². The molecule has 4 rings (SSSR count). The van der Waals surface area contributed by atoms with Crippen molar-refractivity contribution >= 4 is 17.7 Å². The molecule has 1 heterocycles. The average molecular weight is 506 g/mol. The molecule has 0 bridgehead atoms. The first-order valence-corrected chi connectivity index (χ1v) is 10.8. The van der Waals surface area contributed by atoms with Crippen molar-refractivity contribution in [3.05, 3.63) is 95.4 Å². The van der Waals surface area contributed by atoms with Crippen LogP contribution in [0.2, 0.25) is 0 Å². The van der Waals surface area contributed by atoms with Crippen LogP contribution in [0.25, 0.3) is 5.69 Å². The zero-order chi connectivity index (χ0) is 25.1. The van der Waals surface area contributed by atoms with Crippen LogP contribution >= 0.6 is 11.8 Å². The van der Waals surface area contributed by atoms with Crippen molar-refractivity contribution in [3.8, 4) is 17.3 Å². The Balaban J connectivity index is 1.73. The summed E-state index contributed by atoms with van der Waals surface area (Å²) in [5.41, 5.74) is 0.543. The number of hydrogen-bond donors (Lipinski definition) is 0. The number of esters is 1. The standard InChI is InChI=1S/C24H15F5N2O3S/c1-13-22(35-23-20(28)18(26)17(25)19(27)21(23)29)24(31(30-13)14-8-4-2-5-9-14)34-16(32)12-33-15-10-6-3-7-11-15/h2-11H,12H2,1H3. The number of carbonyl (C=O) groups excluding carboxylic acids is 1. The van der Waals surface area contributed by atoms with E-state index < -0.39 is 46.6 Å². The molecule has 0 amide bonds. The number of aromatic nitrogens is 2. The second kappa shape index (κ2) is 10.2. The van der Waals surface area contributed by atoms with Crippen LogP contribution in [0.5, 0.6) is 11.6 Å². The fourth-order valence-corrected chi connectivity index (χ4v) is 3.98. The van der Waals surface area contributed by atoms with E-state index in [9.17, 15) is 26.7 Å². The Morgan fingerprint density at radius 2 is 1.37 bits per heavy atom. The molecule has 0 aliphatic heterocycles. The van der Waals surface area contributed by atoms with Crippen LogP contribution in [-0.2, 0) is 4.79 Å². The molecule has 0 unspecified atom stereocenters. The van der Waals surface area contributed by atoms with Crippen LogP contribution < -0.4 is 9.47 Å². The number of halogens is 5. The van der Waals surface area contributed by atoms with Gasteiger partial charge in [-0.05, 0) is 31.2 Å². The lowest BCUT2D eigenvalue weighted by molar-refractivity contribution is -0.137. The van der Waals surface area contributed by atoms with E-state index in [1.54, 1.807) is 60.7 Å². The fourth-order valence-electron chi connectivity index (χ4n) is 3.02. The molecule has 35 heavy (non-hydrogen) atoms. The highest BCUT2D eigenvalue weighted by Crippen LogP contribution is 2.42. The summed E-state index contributed by atoms with van der Waals surface area (Å²) in [6, 6.07) is 16.7. The molecular weight excluding hydrogens is 491 g/mol. The highest BCUT2D eigenvalue weighted by atomic mass is 32.2. The number of hydrogen-bond acceptors (Lipinski definition) is 5. The number of carbonyl (C=O) groups is 1. The molecule has 0 saturated carbocycles. The van der Waals surface area contributed by atoms with Gasteiger partial charge in [-0.25, -0.2) is 26.7 Å². The number of rotatable bonds is 7. The van der Waals surface area contributed by atoms with E-state index in [0.29, 0.717) is 11.4 Å². The highest BCUT2D eigenvalue weighted by Gasteiger charge is 2.30. The van der Waals surface area contributed by atoms with Gasteiger partial charge in [-0.3, -0.25) is 0 Å². The lowest BCUT2D eigenvalue weighted by Crippen LogP contribution is -2.19. The molecule has 11 heteroatoms. The first-order chi connectivity index (χ1) is 16.8. The molecule has 4 aromatic rings. The summed E-state index contributed by atoms with van der Waals surface area (Å²) in [5.74, 6) is -11.2. The average Bonchev–Trinajstić information content (AvgIpc) is 3.18. The predicted octanol–water partition coefficient (Wildman–Crippen LogP) is 6.01. The molecule has 3 aromatic carbocycles. The minimum Gasteiger partial charge on any atom is -0.482 e. The Morgan fingerprint density at radius 1 is 0.829 bits per heavy atom. The Kier molecular flexibility index (Phi) is 7.06. The van der Waals surface area contributed by atoms with Gasteiger partial charge in [0.1, 0.15) is 5.75 Å². The zero-order valence-corrected chi connectivity index (χ0v) is 18.7. The van der Waals surface area contributed by atoms with E-state index in [0.717, 1.165) is 0 Å². The number of aryl methyl sites for hydroxylation is 1. The molecule has 0 fully saturated rings. The third-order valence-electron chi connectivity index (χ3n) is 4.65. The van der Waals surface area contributed by atoms with Crippen molar-refractivity contribution in [2.45, 2.75) is 16.7 Å². The van der Waals surface area contributed by atoms with E-state index in [4.69, 9.17) is 9.47 Å². The first-order valence-electron chi connectivity index (χ1n) is 10.0. The molecule has 0 aliphatic carbocycles. The van der Waals surface area contributed by atoms with Gasteiger partial charge >= 0.3 is 5.97 Å². The third-order valence-corrected chi connectivity index (χ3v) is 5.89. The number of nitrogens with zero attached hydrogens (tertiary/aromatic N) is 2. The fraction of sp³-hybridized carbons (Fsp3) is 0.0833. The summed E-state index contributed by atoms with van der Waals surface area (Å²) in [6.45, 7) is 0.918. The van der Waals surface area contributed by atoms with Crippen LogP contribution in [0.3, 0.4) is 0 Å². The highest BCUT2D eigenvalue weighted by molar-refractivity contribution is 7.99.